The molecule has 5 rings (SSSR count). The van der Waals surface area contributed by atoms with Crippen molar-refractivity contribution in [2.45, 2.75) is 50.7 Å². The van der Waals surface area contributed by atoms with E-state index in [1.54, 1.807) is 45.0 Å². The molecular formula is C30H38N8O5S. The Kier molecular flexibility index (Phi) is 8.75. The fourth-order valence-electron chi connectivity index (χ4n) is 4.92. The molecule has 4 heterocycles. The first kappa shape index (κ1) is 31.1. The van der Waals surface area contributed by atoms with E-state index >= 15 is 0 Å². The molecule has 44 heavy (non-hydrogen) atoms. The number of carbonyl (C=O) groups is 1. The van der Waals surface area contributed by atoms with Gasteiger partial charge in [0.25, 0.3) is 0 Å². The molecule has 1 aromatic carbocycles. The van der Waals surface area contributed by atoms with Gasteiger partial charge in [0.15, 0.2) is 9.84 Å². The van der Waals surface area contributed by atoms with E-state index in [0.717, 1.165) is 49.8 Å². The summed E-state index contributed by atoms with van der Waals surface area (Å²) in [5, 5.41) is 20.1. The molecule has 0 saturated carbocycles. The number of aromatic nitrogens is 5. The van der Waals surface area contributed by atoms with Crippen LogP contribution in [0.4, 0.5) is 17.5 Å². The van der Waals surface area contributed by atoms with Crippen LogP contribution in [0.5, 0.6) is 5.75 Å². The number of anilines is 3. The maximum absolute atomic E-state index is 13.7. The zero-order chi connectivity index (χ0) is 31.6. The third-order valence-corrected chi connectivity index (χ3v) is 10.4. The standard InChI is InChI=1S/C30H38N8O5S/c1-19-20(2)35-36-27(19)34-28-22-15-25(44(41,42)30(3,4)5)24(16-23(22)32-18-33-28)43-14-6-9-37-10-12-38(13-11-37)26-8-7-21(17-31-26)29(39)40/h7-8,15-18H,6,9-14H2,1-5H3,(H,39,40)(H2,32,33,34,35,36). The molecule has 0 atom stereocenters. The number of aromatic amines is 1. The van der Waals surface area contributed by atoms with Crippen molar-refractivity contribution in [3.05, 3.63) is 53.6 Å². The first-order valence-electron chi connectivity index (χ1n) is 14.5. The fourth-order valence-corrected chi connectivity index (χ4v) is 6.23. The molecular weight excluding hydrogens is 584 g/mol. The van der Waals surface area contributed by atoms with Gasteiger partial charge in [-0.25, -0.2) is 28.2 Å². The van der Waals surface area contributed by atoms with Gasteiger partial charge in [-0.15, -0.1) is 0 Å². The lowest BCUT2D eigenvalue weighted by molar-refractivity contribution is 0.0696. The number of hydrogen-bond acceptors (Lipinski definition) is 11. The lowest BCUT2D eigenvalue weighted by Crippen LogP contribution is -2.47. The van der Waals surface area contributed by atoms with Gasteiger partial charge in [-0.2, -0.15) is 5.10 Å². The van der Waals surface area contributed by atoms with Gasteiger partial charge < -0.3 is 20.1 Å². The van der Waals surface area contributed by atoms with Crippen LogP contribution in [0, 0.1) is 13.8 Å². The van der Waals surface area contributed by atoms with Gasteiger partial charge in [0.2, 0.25) is 0 Å². The van der Waals surface area contributed by atoms with E-state index in [9.17, 15) is 13.2 Å². The molecule has 0 bridgehead atoms. The van der Waals surface area contributed by atoms with E-state index in [1.165, 1.54) is 12.5 Å². The summed E-state index contributed by atoms with van der Waals surface area (Å²) in [7, 11) is -3.77. The van der Waals surface area contributed by atoms with Gasteiger partial charge in [-0.1, -0.05) is 0 Å². The van der Waals surface area contributed by atoms with Gasteiger partial charge in [0.05, 0.1) is 28.1 Å². The molecule has 4 aromatic rings. The lowest BCUT2D eigenvalue weighted by Gasteiger charge is -2.35. The minimum absolute atomic E-state index is 0.0999. The SMILES string of the molecule is Cc1n[nH]c(Nc2ncnc3cc(OCCCN4CCN(c5ccc(C(=O)O)cn5)CC4)c(S(=O)(=O)C(C)(C)C)cc23)c1C. The highest BCUT2D eigenvalue weighted by molar-refractivity contribution is 7.92. The van der Waals surface area contributed by atoms with Crippen molar-refractivity contribution in [2.75, 3.05) is 49.5 Å². The van der Waals surface area contributed by atoms with Crippen LogP contribution in [0.25, 0.3) is 10.9 Å². The number of benzene rings is 1. The summed E-state index contributed by atoms with van der Waals surface area (Å²) in [5.41, 5.74) is 2.51. The summed E-state index contributed by atoms with van der Waals surface area (Å²) in [4.78, 5) is 28.7. The quantitative estimate of drug-likeness (QED) is 0.218. The van der Waals surface area contributed by atoms with Gasteiger partial charge in [0.1, 0.15) is 34.4 Å². The predicted molar refractivity (Wildman–Crippen MR) is 168 cm³/mol. The normalized spacial score (nSPS) is 14.6. The monoisotopic (exact) mass is 622 g/mol. The second kappa shape index (κ2) is 12.4. The van der Waals surface area contributed by atoms with E-state index in [4.69, 9.17) is 9.84 Å². The highest BCUT2D eigenvalue weighted by atomic mass is 32.2. The molecule has 3 aromatic heterocycles. The second-order valence-electron chi connectivity index (χ2n) is 11.8. The number of fused-ring (bicyclic) bond motifs is 1. The zero-order valence-electron chi connectivity index (χ0n) is 25.6. The smallest absolute Gasteiger partial charge is 0.337 e. The number of H-pyrrole nitrogens is 1. The number of carboxylic acids is 1. The number of pyridine rings is 1. The van der Waals surface area contributed by atoms with Crippen LogP contribution >= 0.6 is 0 Å². The van der Waals surface area contributed by atoms with Crippen molar-refractivity contribution in [1.29, 1.82) is 0 Å². The molecule has 3 N–H and O–H groups in total. The molecule has 0 spiro atoms. The van der Waals surface area contributed by atoms with E-state index in [2.05, 4.69) is 40.3 Å². The highest BCUT2D eigenvalue weighted by Crippen LogP contribution is 2.37. The van der Waals surface area contributed by atoms with Crippen LogP contribution in [0.15, 0.2) is 41.7 Å². The maximum Gasteiger partial charge on any atom is 0.337 e. The second-order valence-corrected chi connectivity index (χ2v) is 14.5. The third-order valence-electron chi connectivity index (χ3n) is 7.86. The number of nitrogens with zero attached hydrogens (tertiary/aromatic N) is 6. The van der Waals surface area contributed by atoms with E-state index in [1.807, 2.05) is 13.8 Å². The van der Waals surface area contributed by atoms with E-state index < -0.39 is 20.6 Å². The van der Waals surface area contributed by atoms with Crippen LogP contribution in [0.1, 0.15) is 48.8 Å². The van der Waals surface area contributed by atoms with Gasteiger partial charge in [0, 0.05) is 55.9 Å². The van der Waals surface area contributed by atoms with Crippen molar-refractivity contribution in [2.24, 2.45) is 0 Å². The van der Waals surface area contributed by atoms with E-state index in [0.29, 0.717) is 35.6 Å². The fraction of sp³-hybridized carbons (Fsp3) is 0.433. The summed E-state index contributed by atoms with van der Waals surface area (Å²) in [6, 6.07) is 6.58. The molecule has 13 nitrogen and oxygen atoms in total. The number of aromatic carboxylic acids is 1. The van der Waals surface area contributed by atoms with Crippen molar-refractivity contribution in [3.8, 4) is 5.75 Å². The van der Waals surface area contributed by atoms with Crippen LogP contribution in [0.2, 0.25) is 0 Å². The number of carboxylic acid groups (broad SMARTS) is 1. The summed E-state index contributed by atoms with van der Waals surface area (Å²) >= 11 is 0. The largest absolute Gasteiger partial charge is 0.492 e. The molecule has 0 radical (unpaired) electrons. The number of sulfone groups is 1. The van der Waals surface area contributed by atoms with Crippen molar-refractivity contribution < 1.29 is 23.1 Å². The summed E-state index contributed by atoms with van der Waals surface area (Å²) in [6.45, 7) is 13.1. The topological polar surface area (TPSA) is 167 Å². The molecule has 0 amide bonds. The van der Waals surface area contributed by atoms with Crippen LogP contribution in [-0.4, -0.2) is 93.6 Å². The molecule has 14 heteroatoms. The first-order valence-corrected chi connectivity index (χ1v) is 15.9. The number of piperazine rings is 1. The van der Waals surface area contributed by atoms with Crippen molar-refractivity contribution in [1.82, 2.24) is 30.0 Å². The van der Waals surface area contributed by atoms with Gasteiger partial charge in [-0.3, -0.25) is 10.00 Å². The number of hydrogen-bond donors (Lipinski definition) is 3. The van der Waals surface area contributed by atoms with Crippen molar-refractivity contribution in [3.63, 3.8) is 0 Å². The summed E-state index contributed by atoms with van der Waals surface area (Å²) in [6.07, 6.45) is 3.51. The van der Waals surface area contributed by atoms with Gasteiger partial charge >= 0.3 is 5.97 Å². The molecule has 0 aliphatic carbocycles. The Balaban J connectivity index is 1.27. The minimum atomic E-state index is -3.77. The summed E-state index contributed by atoms with van der Waals surface area (Å²) in [5.74, 6) is 1.18. The first-order chi connectivity index (χ1) is 20.8. The highest BCUT2D eigenvalue weighted by Gasteiger charge is 2.34. The summed E-state index contributed by atoms with van der Waals surface area (Å²) < 4.78 is 32.5. The Morgan fingerprint density at radius 3 is 2.45 bits per heavy atom. The molecule has 1 fully saturated rings. The van der Waals surface area contributed by atoms with Crippen LogP contribution in [-0.2, 0) is 9.84 Å². The maximum atomic E-state index is 13.7. The molecule has 234 valence electrons. The Hall–Kier alpha value is -4.30. The molecule has 1 aliphatic heterocycles. The molecule has 0 unspecified atom stereocenters. The van der Waals surface area contributed by atoms with E-state index in [-0.39, 0.29) is 16.2 Å². The van der Waals surface area contributed by atoms with Gasteiger partial charge in [-0.05, 0) is 59.2 Å². The minimum Gasteiger partial charge on any atom is -0.492 e. The molecule has 1 saturated heterocycles. The Morgan fingerprint density at radius 1 is 1.09 bits per heavy atom. The number of ether oxygens (including phenoxy) is 1. The zero-order valence-corrected chi connectivity index (χ0v) is 26.4. The number of rotatable bonds is 10. The average molecular weight is 623 g/mol. The number of aryl methyl sites for hydroxylation is 1. The molecule has 1 aliphatic rings. The lowest BCUT2D eigenvalue weighted by atomic mass is 10.2. The van der Waals surface area contributed by atoms with Crippen LogP contribution < -0.4 is 15.0 Å². The Labute approximate surface area is 256 Å². The average Bonchev–Trinajstić information content (AvgIpc) is 3.31. The number of nitrogens with one attached hydrogen (secondary N) is 2. The van der Waals surface area contributed by atoms with Crippen molar-refractivity contribution >= 4 is 44.2 Å². The predicted octanol–water partition coefficient (Wildman–Crippen LogP) is 3.97. The Bertz CT molecular complexity index is 1760. The van der Waals surface area contributed by atoms with Crippen LogP contribution in [0.3, 0.4) is 0 Å². The Morgan fingerprint density at radius 2 is 1.84 bits per heavy atom. The third kappa shape index (κ3) is 6.45.